The van der Waals surface area contributed by atoms with E-state index in [0.29, 0.717) is 13.2 Å². The van der Waals surface area contributed by atoms with Gasteiger partial charge in [-0.15, -0.1) is 0 Å². The predicted molar refractivity (Wildman–Crippen MR) is 110 cm³/mol. The zero-order chi connectivity index (χ0) is 20.5. The zero-order valence-electron chi connectivity index (χ0n) is 17.4. The maximum absolute atomic E-state index is 11.9. The van der Waals surface area contributed by atoms with Crippen molar-refractivity contribution in [1.82, 2.24) is 9.80 Å². The highest BCUT2D eigenvalue weighted by molar-refractivity contribution is 5.72. The van der Waals surface area contributed by atoms with Gasteiger partial charge in [0.2, 0.25) is 0 Å². The minimum atomic E-state index is -0.515. The first kappa shape index (κ1) is 22.0. The number of hydrogen-bond acceptors (Lipinski definition) is 7. The third-order valence-electron chi connectivity index (χ3n) is 5.53. The third-order valence-corrected chi connectivity index (χ3v) is 5.53. The highest BCUT2D eigenvalue weighted by Gasteiger charge is 2.25. The van der Waals surface area contributed by atoms with E-state index in [1.54, 1.807) is 0 Å². The lowest BCUT2D eigenvalue weighted by Crippen LogP contribution is -2.42. The highest BCUT2D eigenvalue weighted by atomic mass is 16.5. The fourth-order valence-electron chi connectivity index (χ4n) is 3.91. The molecular weight excluding hydrogens is 372 g/mol. The average molecular weight is 407 g/mol. The van der Waals surface area contributed by atoms with Gasteiger partial charge in [0.05, 0.1) is 25.7 Å². The fourth-order valence-corrected chi connectivity index (χ4v) is 3.91. The molecular formula is C22H34N2O5. The Morgan fingerprint density at radius 2 is 1.97 bits per heavy atom. The van der Waals surface area contributed by atoms with E-state index in [-0.39, 0.29) is 18.5 Å². The first-order chi connectivity index (χ1) is 14.1. The molecule has 1 N–H and O–H groups in total. The molecule has 162 valence electrons. The molecule has 29 heavy (non-hydrogen) atoms. The molecule has 0 spiro atoms. The molecule has 1 atom stereocenters. The number of likely N-dealkylation sites (tertiary alicyclic amines) is 1. The molecule has 0 saturated carbocycles. The van der Waals surface area contributed by atoms with E-state index in [1.807, 2.05) is 25.1 Å². The van der Waals surface area contributed by atoms with Crippen LogP contribution in [0.2, 0.25) is 0 Å². The number of carbonyl (C=O) groups excluding carboxylic acids is 1. The Morgan fingerprint density at radius 1 is 1.21 bits per heavy atom. The monoisotopic (exact) mass is 406 g/mol. The molecule has 2 aliphatic heterocycles. The van der Waals surface area contributed by atoms with Gasteiger partial charge >= 0.3 is 5.97 Å². The molecule has 3 rings (SSSR count). The van der Waals surface area contributed by atoms with Gasteiger partial charge in [0, 0.05) is 26.2 Å². The summed E-state index contributed by atoms with van der Waals surface area (Å²) in [5.41, 5.74) is 1.18. The number of piperidine rings is 1. The van der Waals surface area contributed by atoms with Gasteiger partial charge in [0.25, 0.3) is 0 Å². The van der Waals surface area contributed by atoms with Gasteiger partial charge in [-0.25, -0.2) is 0 Å². The summed E-state index contributed by atoms with van der Waals surface area (Å²) in [4.78, 5) is 16.4. The predicted octanol–water partition coefficient (Wildman–Crippen LogP) is 1.53. The standard InChI is InChI=1S/C22H34N2O5/c1-2-28-22(26)19-6-8-23(9-7-19)15-18-4-3-5-21(14-18)29-17-20(25)16-24-10-12-27-13-11-24/h3-5,14,19-20,25H,2,6-13,15-17H2,1H3/t20-/m0/s1. The molecule has 2 saturated heterocycles. The highest BCUT2D eigenvalue weighted by Crippen LogP contribution is 2.22. The Hall–Kier alpha value is -1.67. The maximum atomic E-state index is 11.9. The maximum Gasteiger partial charge on any atom is 0.309 e. The molecule has 2 fully saturated rings. The van der Waals surface area contributed by atoms with Crippen molar-refractivity contribution in [2.75, 3.05) is 59.2 Å². The summed E-state index contributed by atoms with van der Waals surface area (Å²) in [5.74, 6) is 0.761. The molecule has 7 nitrogen and oxygen atoms in total. The lowest BCUT2D eigenvalue weighted by Gasteiger charge is -2.30. The van der Waals surface area contributed by atoms with E-state index in [4.69, 9.17) is 14.2 Å². The first-order valence-electron chi connectivity index (χ1n) is 10.7. The largest absolute Gasteiger partial charge is 0.491 e. The summed E-state index contributed by atoms with van der Waals surface area (Å²) in [6.07, 6.45) is 1.18. The number of carbonyl (C=O) groups is 1. The lowest BCUT2D eigenvalue weighted by atomic mass is 9.96. The van der Waals surface area contributed by atoms with E-state index >= 15 is 0 Å². The van der Waals surface area contributed by atoms with Crippen molar-refractivity contribution in [3.8, 4) is 5.75 Å². The number of rotatable bonds is 9. The summed E-state index contributed by atoms with van der Waals surface area (Å²) in [7, 11) is 0. The third kappa shape index (κ3) is 7.26. The Balaban J connectivity index is 1.41. The van der Waals surface area contributed by atoms with Gasteiger partial charge in [0.1, 0.15) is 18.5 Å². The molecule has 0 radical (unpaired) electrons. The Kier molecular flexibility index (Phi) is 8.73. The van der Waals surface area contributed by atoms with Crippen LogP contribution in [0, 0.1) is 5.92 Å². The average Bonchev–Trinajstić information content (AvgIpc) is 2.74. The van der Waals surface area contributed by atoms with Crippen LogP contribution < -0.4 is 4.74 Å². The van der Waals surface area contributed by atoms with Crippen molar-refractivity contribution in [3.63, 3.8) is 0 Å². The molecule has 0 bridgehead atoms. The van der Waals surface area contributed by atoms with Gasteiger partial charge < -0.3 is 19.3 Å². The summed E-state index contributed by atoms with van der Waals surface area (Å²) < 4.78 is 16.3. The van der Waals surface area contributed by atoms with Gasteiger partial charge in [-0.05, 0) is 50.6 Å². The Bertz CT molecular complexity index is 627. The van der Waals surface area contributed by atoms with Crippen molar-refractivity contribution in [2.24, 2.45) is 5.92 Å². The normalized spacial score (nSPS) is 20.3. The summed E-state index contributed by atoms with van der Waals surface area (Å²) in [6.45, 7) is 9.00. The number of β-amino-alcohol motifs (C(OH)–C–C–N with tert-alkyl or cyclic N) is 1. The second kappa shape index (κ2) is 11.5. The van der Waals surface area contributed by atoms with Crippen LogP contribution in [0.3, 0.4) is 0 Å². The quantitative estimate of drug-likeness (QED) is 0.624. The minimum Gasteiger partial charge on any atom is -0.491 e. The summed E-state index contributed by atoms with van der Waals surface area (Å²) in [5, 5.41) is 10.2. The molecule has 0 aromatic heterocycles. The van der Waals surface area contributed by atoms with Crippen LogP contribution in [0.4, 0.5) is 0 Å². The SMILES string of the molecule is CCOC(=O)C1CCN(Cc2cccc(OC[C@@H](O)CN3CCOCC3)c2)CC1. The second-order valence-corrected chi connectivity index (χ2v) is 7.83. The molecule has 2 heterocycles. The number of ether oxygens (including phenoxy) is 3. The van der Waals surface area contributed by atoms with Crippen molar-refractivity contribution in [1.29, 1.82) is 0 Å². The number of esters is 1. The molecule has 1 aromatic rings. The van der Waals surface area contributed by atoms with Crippen molar-refractivity contribution in [2.45, 2.75) is 32.4 Å². The van der Waals surface area contributed by atoms with Crippen LogP contribution in [-0.4, -0.2) is 86.1 Å². The Labute approximate surface area is 173 Å². The molecule has 0 unspecified atom stereocenters. The van der Waals surface area contributed by atoms with Crippen LogP contribution in [0.1, 0.15) is 25.3 Å². The zero-order valence-corrected chi connectivity index (χ0v) is 17.4. The lowest BCUT2D eigenvalue weighted by molar-refractivity contribution is -0.149. The van der Waals surface area contributed by atoms with Crippen molar-refractivity contribution in [3.05, 3.63) is 29.8 Å². The van der Waals surface area contributed by atoms with Gasteiger partial charge in [-0.2, -0.15) is 0 Å². The molecule has 7 heteroatoms. The van der Waals surface area contributed by atoms with E-state index in [9.17, 15) is 9.90 Å². The van der Waals surface area contributed by atoms with Crippen LogP contribution in [0.25, 0.3) is 0 Å². The van der Waals surface area contributed by atoms with Gasteiger partial charge in [0.15, 0.2) is 0 Å². The van der Waals surface area contributed by atoms with E-state index in [2.05, 4.69) is 15.9 Å². The minimum absolute atomic E-state index is 0.0359. The van der Waals surface area contributed by atoms with Crippen molar-refractivity contribution < 1.29 is 24.1 Å². The molecule has 0 amide bonds. The van der Waals surface area contributed by atoms with E-state index < -0.39 is 6.10 Å². The smallest absolute Gasteiger partial charge is 0.309 e. The summed E-state index contributed by atoms with van der Waals surface area (Å²) >= 11 is 0. The second-order valence-electron chi connectivity index (χ2n) is 7.83. The number of aliphatic hydroxyl groups excluding tert-OH is 1. The number of benzene rings is 1. The van der Waals surface area contributed by atoms with Crippen LogP contribution in [-0.2, 0) is 20.8 Å². The first-order valence-corrected chi connectivity index (χ1v) is 10.7. The molecule has 2 aliphatic rings. The number of aliphatic hydroxyl groups is 1. The van der Waals surface area contributed by atoms with E-state index in [1.165, 1.54) is 5.56 Å². The fraction of sp³-hybridized carbons (Fsp3) is 0.682. The van der Waals surface area contributed by atoms with E-state index in [0.717, 1.165) is 64.5 Å². The molecule has 0 aliphatic carbocycles. The van der Waals surface area contributed by atoms with Gasteiger partial charge in [-0.1, -0.05) is 12.1 Å². The van der Waals surface area contributed by atoms with Crippen LogP contribution >= 0.6 is 0 Å². The van der Waals surface area contributed by atoms with Crippen molar-refractivity contribution >= 4 is 5.97 Å². The van der Waals surface area contributed by atoms with Gasteiger partial charge in [-0.3, -0.25) is 14.6 Å². The van der Waals surface area contributed by atoms with Crippen LogP contribution in [0.15, 0.2) is 24.3 Å². The number of hydrogen-bond donors (Lipinski definition) is 1. The molecule has 1 aromatic carbocycles. The Morgan fingerprint density at radius 3 is 2.69 bits per heavy atom. The topological polar surface area (TPSA) is 71.5 Å². The number of nitrogens with zero attached hydrogens (tertiary/aromatic N) is 2. The van der Waals surface area contributed by atoms with Crippen LogP contribution in [0.5, 0.6) is 5.75 Å². The summed E-state index contributed by atoms with van der Waals surface area (Å²) in [6, 6.07) is 8.05. The number of morpholine rings is 1.